The molecule has 1 atom stereocenters. The minimum absolute atomic E-state index is 0.103. The molecule has 0 amide bonds. The Labute approximate surface area is 123 Å². The molecule has 1 aromatic heterocycles. The van der Waals surface area contributed by atoms with Gasteiger partial charge in [-0.15, -0.1) is 0 Å². The van der Waals surface area contributed by atoms with Gasteiger partial charge in [0.15, 0.2) is 0 Å². The monoisotopic (exact) mass is 282 g/mol. The van der Waals surface area contributed by atoms with Crippen molar-refractivity contribution in [3.8, 4) is 5.75 Å². The fourth-order valence-corrected chi connectivity index (χ4v) is 2.51. The summed E-state index contributed by atoms with van der Waals surface area (Å²) in [6.45, 7) is 0. The molecule has 0 bridgehead atoms. The van der Waals surface area contributed by atoms with Crippen molar-refractivity contribution in [3.63, 3.8) is 0 Å². The van der Waals surface area contributed by atoms with E-state index in [9.17, 15) is 0 Å². The Morgan fingerprint density at radius 1 is 1.14 bits per heavy atom. The standard InChI is InChI=1S/C17H18N2O2/c1-20-15-8-4-2-6-12(15)10-14(19-18)17-11-13-7-3-5-9-16(13)21-17/h2-9,11,14,19H,10,18H2,1H3. The third-order valence-electron chi connectivity index (χ3n) is 3.61. The zero-order valence-corrected chi connectivity index (χ0v) is 11.9. The molecular weight excluding hydrogens is 264 g/mol. The van der Waals surface area contributed by atoms with Crippen LogP contribution >= 0.6 is 0 Å². The quantitative estimate of drug-likeness (QED) is 0.557. The molecular formula is C17H18N2O2. The van der Waals surface area contributed by atoms with E-state index in [0.717, 1.165) is 28.0 Å². The molecule has 3 N–H and O–H groups in total. The molecule has 108 valence electrons. The summed E-state index contributed by atoms with van der Waals surface area (Å²) in [4.78, 5) is 0. The maximum absolute atomic E-state index is 5.88. The van der Waals surface area contributed by atoms with E-state index in [1.807, 2.05) is 54.6 Å². The maximum Gasteiger partial charge on any atom is 0.134 e. The summed E-state index contributed by atoms with van der Waals surface area (Å²) >= 11 is 0. The summed E-state index contributed by atoms with van der Waals surface area (Å²) in [7, 11) is 1.67. The van der Waals surface area contributed by atoms with Crippen molar-refractivity contribution in [1.82, 2.24) is 5.43 Å². The molecule has 21 heavy (non-hydrogen) atoms. The minimum atomic E-state index is -0.103. The van der Waals surface area contributed by atoms with Crippen molar-refractivity contribution < 1.29 is 9.15 Å². The number of nitrogens with two attached hydrogens (primary N) is 1. The van der Waals surface area contributed by atoms with Gasteiger partial charge in [0.2, 0.25) is 0 Å². The van der Waals surface area contributed by atoms with Gasteiger partial charge in [-0.2, -0.15) is 0 Å². The fraction of sp³-hybridized carbons (Fsp3) is 0.176. The highest BCUT2D eigenvalue weighted by Gasteiger charge is 2.17. The summed E-state index contributed by atoms with van der Waals surface area (Å²) in [6, 6.07) is 17.8. The average molecular weight is 282 g/mol. The second kappa shape index (κ2) is 5.99. The van der Waals surface area contributed by atoms with E-state index >= 15 is 0 Å². The summed E-state index contributed by atoms with van der Waals surface area (Å²) in [5.74, 6) is 7.39. The molecule has 4 heteroatoms. The first kappa shape index (κ1) is 13.7. The largest absolute Gasteiger partial charge is 0.496 e. The minimum Gasteiger partial charge on any atom is -0.496 e. The first-order valence-corrected chi connectivity index (χ1v) is 6.88. The summed E-state index contributed by atoms with van der Waals surface area (Å²) in [5.41, 5.74) is 4.78. The molecule has 1 unspecified atom stereocenters. The summed E-state index contributed by atoms with van der Waals surface area (Å²) in [5, 5.41) is 1.08. The number of benzene rings is 2. The zero-order chi connectivity index (χ0) is 14.7. The molecule has 1 heterocycles. The van der Waals surface area contributed by atoms with Crippen LogP contribution in [0.3, 0.4) is 0 Å². The zero-order valence-electron chi connectivity index (χ0n) is 11.9. The molecule has 0 saturated carbocycles. The second-order valence-electron chi connectivity index (χ2n) is 4.92. The van der Waals surface area contributed by atoms with Crippen LogP contribution < -0.4 is 16.0 Å². The molecule has 0 aliphatic carbocycles. The number of furan rings is 1. The Kier molecular flexibility index (Phi) is 3.90. The second-order valence-corrected chi connectivity index (χ2v) is 4.92. The van der Waals surface area contributed by atoms with E-state index in [-0.39, 0.29) is 6.04 Å². The highest BCUT2D eigenvalue weighted by Crippen LogP contribution is 2.28. The Bertz CT molecular complexity index is 703. The van der Waals surface area contributed by atoms with E-state index in [2.05, 4.69) is 5.43 Å². The van der Waals surface area contributed by atoms with E-state index in [1.165, 1.54) is 0 Å². The molecule has 0 saturated heterocycles. The highest BCUT2D eigenvalue weighted by molar-refractivity contribution is 5.77. The number of hydrogen-bond acceptors (Lipinski definition) is 4. The van der Waals surface area contributed by atoms with Gasteiger partial charge >= 0.3 is 0 Å². The molecule has 0 radical (unpaired) electrons. The predicted octanol–water partition coefficient (Wildman–Crippen LogP) is 3.19. The van der Waals surface area contributed by atoms with Gasteiger partial charge in [0.05, 0.1) is 13.2 Å². The Balaban J connectivity index is 1.91. The summed E-state index contributed by atoms with van der Waals surface area (Å²) < 4.78 is 11.3. The number of nitrogens with one attached hydrogen (secondary N) is 1. The lowest BCUT2D eigenvalue weighted by Gasteiger charge is -2.15. The average Bonchev–Trinajstić information content (AvgIpc) is 2.96. The number of para-hydroxylation sites is 2. The Morgan fingerprint density at radius 2 is 1.90 bits per heavy atom. The van der Waals surface area contributed by atoms with E-state index in [1.54, 1.807) is 7.11 Å². The van der Waals surface area contributed by atoms with Crippen LogP contribution in [-0.2, 0) is 6.42 Å². The van der Waals surface area contributed by atoms with Crippen molar-refractivity contribution in [1.29, 1.82) is 0 Å². The number of hydrogen-bond donors (Lipinski definition) is 2. The van der Waals surface area contributed by atoms with Crippen molar-refractivity contribution in [2.75, 3.05) is 7.11 Å². The van der Waals surface area contributed by atoms with Crippen LogP contribution in [0.25, 0.3) is 11.0 Å². The molecule has 3 rings (SSSR count). The van der Waals surface area contributed by atoms with Gasteiger partial charge in [0.25, 0.3) is 0 Å². The topological polar surface area (TPSA) is 60.4 Å². The predicted molar refractivity (Wildman–Crippen MR) is 83.0 cm³/mol. The number of rotatable bonds is 5. The van der Waals surface area contributed by atoms with Gasteiger partial charge in [-0.25, -0.2) is 5.43 Å². The number of hydrazine groups is 1. The lowest BCUT2D eigenvalue weighted by atomic mass is 10.0. The van der Waals surface area contributed by atoms with Crippen LogP contribution in [0.5, 0.6) is 5.75 Å². The first-order valence-electron chi connectivity index (χ1n) is 6.88. The molecule has 0 aliphatic rings. The Morgan fingerprint density at radius 3 is 2.67 bits per heavy atom. The van der Waals surface area contributed by atoms with Gasteiger partial charge in [0.1, 0.15) is 17.1 Å². The normalized spacial score (nSPS) is 12.5. The third kappa shape index (κ3) is 2.77. The smallest absolute Gasteiger partial charge is 0.134 e. The van der Waals surface area contributed by atoms with Crippen LogP contribution in [0.1, 0.15) is 17.4 Å². The van der Waals surface area contributed by atoms with Crippen molar-refractivity contribution in [2.45, 2.75) is 12.5 Å². The van der Waals surface area contributed by atoms with Crippen LogP contribution in [0, 0.1) is 0 Å². The van der Waals surface area contributed by atoms with Crippen molar-refractivity contribution in [3.05, 3.63) is 65.9 Å². The fourth-order valence-electron chi connectivity index (χ4n) is 2.51. The van der Waals surface area contributed by atoms with Crippen LogP contribution in [-0.4, -0.2) is 7.11 Å². The molecule has 0 aliphatic heterocycles. The number of ether oxygens (including phenoxy) is 1. The summed E-state index contributed by atoms with van der Waals surface area (Å²) in [6.07, 6.45) is 0.695. The van der Waals surface area contributed by atoms with E-state index < -0.39 is 0 Å². The molecule has 0 fully saturated rings. The maximum atomic E-state index is 5.88. The van der Waals surface area contributed by atoms with Crippen LogP contribution in [0.4, 0.5) is 0 Å². The SMILES string of the molecule is COc1ccccc1CC(NN)c1cc2ccccc2o1. The molecule has 2 aromatic carbocycles. The Hall–Kier alpha value is -2.30. The van der Waals surface area contributed by atoms with Crippen molar-refractivity contribution >= 4 is 11.0 Å². The molecule has 4 nitrogen and oxygen atoms in total. The third-order valence-corrected chi connectivity index (χ3v) is 3.61. The molecule has 0 spiro atoms. The van der Waals surface area contributed by atoms with E-state index in [4.69, 9.17) is 15.0 Å². The lowest BCUT2D eigenvalue weighted by Crippen LogP contribution is -2.29. The first-order chi connectivity index (χ1) is 10.3. The highest BCUT2D eigenvalue weighted by atomic mass is 16.5. The number of fused-ring (bicyclic) bond motifs is 1. The van der Waals surface area contributed by atoms with Gasteiger partial charge in [-0.1, -0.05) is 36.4 Å². The van der Waals surface area contributed by atoms with Gasteiger partial charge in [-0.3, -0.25) is 5.84 Å². The van der Waals surface area contributed by atoms with Gasteiger partial charge < -0.3 is 9.15 Å². The van der Waals surface area contributed by atoms with Crippen molar-refractivity contribution in [2.24, 2.45) is 5.84 Å². The lowest BCUT2D eigenvalue weighted by molar-refractivity contribution is 0.397. The number of methoxy groups -OCH3 is 1. The van der Waals surface area contributed by atoms with Crippen LogP contribution in [0.2, 0.25) is 0 Å². The van der Waals surface area contributed by atoms with Gasteiger partial charge in [0, 0.05) is 5.39 Å². The molecule has 3 aromatic rings. The van der Waals surface area contributed by atoms with E-state index in [0.29, 0.717) is 6.42 Å². The van der Waals surface area contributed by atoms with Crippen LogP contribution in [0.15, 0.2) is 59.0 Å². The van der Waals surface area contributed by atoms with Gasteiger partial charge in [-0.05, 0) is 30.2 Å².